The average molecular weight is 330 g/mol. The van der Waals surface area contributed by atoms with E-state index in [-0.39, 0.29) is 11.9 Å². The van der Waals surface area contributed by atoms with Gasteiger partial charge in [0, 0.05) is 12.2 Å². The number of aryl methyl sites for hydroxylation is 1. The maximum Gasteiger partial charge on any atom is 0.312 e. The summed E-state index contributed by atoms with van der Waals surface area (Å²) in [5, 5.41) is 9.40. The molecule has 6 nitrogen and oxygen atoms in total. The lowest BCUT2D eigenvalue weighted by Gasteiger charge is -2.23. The van der Waals surface area contributed by atoms with Crippen LogP contribution in [0.25, 0.3) is 0 Å². The average Bonchev–Trinajstić information content (AvgIpc) is 2.89. The number of aromatic nitrogens is 1. The Balaban J connectivity index is 0.00000208. The molecule has 0 aliphatic carbocycles. The number of carboxylic acids is 1. The van der Waals surface area contributed by atoms with E-state index in [0.717, 1.165) is 17.7 Å². The fourth-order valence-electron chi connectivity index (χ4n) is 3.35. The molecule has 0 bridgehead atoms. The summed E-state index contributed by atoms with van der Waals surface area (Å²) in [6.07, 6.45) is 1.37. The van der Waals surface area contributed by atoms with Crippen molar-refractivity contribution in [2.75, 3.05) is 7.11 Å². The van der Waals surface area contributed by atoms with Gasteiger partial charge in [-0.25, -0.2) is 0 Å². The lowest BCUT2D eigenvalue weighted by molar-refractivity contribution is -0.139. The first kappa shape index (κ1) is 17.7. The van der Waals surface area contributed by atoms with Crippen molar-refractivity contribution in [2.45, 2.75) is 32.2 Å². The van der Waals surface area contributed by atoms with Crippen LogP contribution >= 0.6 is 0 Å². The molecule has 0 fully saturated rings. The largest absolute Gasteiger partial charge is 0.496 e. The van der Waals surface area contributed by atoms with Crippen molar-refractivity contribution in [1.29, 1.82) is 0 Å². The quantitative estimate of drug-likeness (QED) is 0.838. The number of fused-ring (bicyclic) bond motifs is 1. The standard InChI is InChI=1S/C18H19NO4.H3N/c1-11-10-14-12(18(21)22)7-5-9-19(14)16(11)17(20)13-6-3-4-8-15(13)23-2;/h3-4,6,8,10,12H,5,7,9H2,1-2H3,(H,21,22);1H3. The van der Waals surface area contributed by atoms with Crippen LogP contribution in [0, 0.1) is 6.92 Å². The number of carboxylic acid groups (broad SMARTS) is 1. The Morgan fingerprint density at radius 2 is 2.00 bits per heavy atom. The molecule has 2 aromatic rings. The zero-order chi connectivity index (χ0) is 16.6. The first-order chi connectivity index (χ1) is 11.0. The molecule has 0 saturated heterocycles. The summed E-state index contributed by atoms with van der Waals surface area (Å²) >= 11 is 0. The summed E-state index contributed by atoms with van der Waals surface area (Å²) in [7, 11) is 1.53. The van der Waals surface area contributed by atoms with Gasteiger partial charge in [-0.05, 0) is 43.5 Å². The highest BCUT2D eigenvalue weighted by Gasteiger charge is 2.31. The second kappa shape index (κ2) is 6.88. The molecule has 128 valence electrons. The molecule has 1 aliphatic rings. The number of benzene rings is 1. The van der Waals surface area contributed by atoms with E-state index in [9.17, 15) is 14.7 Å². The zero-order valence-corrected chi connectivity index (χ0v) is 13.9. The van der Waals surface area contributed by atoms with Crippen LogP contribution < -0.4 is 10.9 Å². The van der Waals surface area contributed by atoms with Gasteiger partial charge in [0.25, 0.3) is 0 Å². The summed E-state index contributed by atoms with van der Waals surface area (Å²) in [5.41, 5.74) is 2.59. The van der Waals surface area contributed by atoms with Crippen LogP contribution in [0.1, 0.15) is 46.1 Å². The third-order valence-corrected chi connectivity index (χ3v) is 4.42. The Morgan fingerprint density at radius 1 is 1.29 bits per heavy atom. The molecule has 1 aromatic carbocycles. The number of para-hydroxylation sites is 1. The number of hydrogen-bond donors (Lipinski definition) is 2. The van der Waals surface area contributed by atoms with Crippen LogP contribution in [0.3, 0.4) is 0 Å². The summed E-state index contributed by atoms with van der Waals surface area (Å²) in [6, 6.07) is 8.93. The van der Waals surface area contributed by atoms with Crippen molar-refractivity contribution in [3.63, 3.8) is 0 Å². The highest BCUT2D eigenvalue weighted by Crippen LogP contribution is 2.33. The lowest BCUT2D eigenvalue weighted by atomic mass is 9.96. The number of carbonyl (C=O) groups is 2. The second-order valence-corrected chi connectivity index (χ2v) is 5.81. The zero-order valence-electron chi connectivity index (χ0n) is 13.9. The summed E-state index contributed by atoms with van der Waals surface area (Å²) in [5.74, 6) is -0.975. The smallest absolute Gasteiger partial charge is 0.312 e. The second-order valence-electron chi connectivity index (χ2n) is 5.81. The van der Waals surface area contributed by atoms with Crippen molar-refractivity contribution in [2.24, 2.45) is 0 Å². The van der Waals surface area contributed by atoms with Gasteiger partial charge in [-0.3, -0.25) is 9.59 Å². The Hall–Kier alpha value is -2.60. The molecule has 0 amide bonds. The number of hydrogen-bond acceptors (Lipinski definition) is 4. The van der Waals surface area contributed by atoms with Gasteiger partial charge in [0.15, 0.2) is 0 Å². The van der Waals surface area contributed by atoms with E-state index in [2.05, 4.69) is 0 Å². The third kappa shape index (κ3) is 2.80. The number of nitrogens with zero attached hydrogens (tertiary/aromatic N) is 1. The first-order valence-corrected chi connectivity index (χ1v) is 7.65. The maximum atomic E-state index is 13.0. The third-order valence-electron chi connectivity index (χ3n) is 4.42. The molecule has 6 heteroatoms. The molecule has 0 spiro atoms. The minimum atomic E-state index is -0.834. The fourth-order valence-corrected chi connectivity index (χ4v) is 3.35. The maximum absolute atomic E-state index is 13.0. The van der Waals surface area contributed by atoms with Crippen molar-refractivity contribution in [3.8, 4) is 5.75 Å². The van der Waals surface area contributed by atoms with Gasteiger partial charge in [0.1, 0.15) is 5.75 Å². The monoisotopic (exact) mass is 330 g/mol. The van der Waals surface area contributed by atoms with E-state index in [0.29, 0.717) is 30.0 Å². The first-order valence-electron chi connectivity index (χ1n) is 7.65. The molecular weight excluding hydrogens is 308 g/mol. The number of rotatable bonds is 4. The van der Waals surface area contributed by atoms with E-state index >= 15 is 0 Å². The van der Waals surface area contributed by atoms with E-state index in [1.807, 2.05) is 23.6 Å². The Bertz CT molecular complexity index is 779. The highest BCUT2D eigenvalue weighted by molar-refractivity contribution is 6.10. The van der Waals surface area contributed by atoms with Crippen molar-refractivity contribution >= 4 is 11.8 Å². The number of methoxy groups -OCH3 is 1. The number of aliphatic carboxylic acids is 1. The molecule has 3 rings (SSSR count). The minimum Gasteiger partial charge on any atom is -0.496 e. The number of carbonyl (C=O) groups excluding carboxylic acids is 1. The predicted molar refractivity (Wildman–Crippen MR) is 90.2 cm³/mol. The van der Waals surface area contributed by atoms with Gasteiger partial charge >= 0.3 is 5.97 Å². The van der Waals surface area contributed by atoms with E-state index in [1.54, 1.807) is 18.2 Å². The topological polar surface area (TPSA) is 104 Å². The lowest BCUT2D eigenvalue weighted by Crippen LogP contribution is -2.24. The molecule has 2 heterocycles. The molecule has 4 N–H and O–H groups in total. The van der Waals surface area contributed by atoms with Crippen LogP contribution in [-0.2, 0) is 11.3 Å². The Morgan fingerprint density at radius 3 is 2.67 bits per heavy atom. The molecule has 0 saturated carbocycles. The van der Waals surface area contributed by atoms with E-state index in [1.165, 1.54) is 7.11 Å². The van der Waals surface area contributed by atoms with Gasteiger partial charge < -0.3 is 20.6 Å². The molecular formula is C18H22N2O4. The molecule has 1 aliphatic heterocycles. The minimum absolute atomic E-state index is 0. The van der Waals surface area contributed by atoms with Crippen LogP contribution in [-0.4, -0.2) is 28.5 Å². The Labute approximate surface area is 140 Å². The van der Waals surface area contributed by atoms with Crippen molar-refractivity contribution in [1.82, 2.24) is 10.7 Å². The van der Waals surface area contributed by atoms with E-state index in [4.69, 9.17) is 4.74 Å². The highest BCUT2D eigenvalue weighted by atomic mass is 16.5. The summed E-state index contributed by atoms with van der Waals surface area (Å²) in [4.78, 5) is 24.5. The molecule has 1 unspecified atom stereocenters. The number of ether oxygens (including phenoxy) is 1. The summed E-state index contributed by atoms with van der Waals surface area (Å²) in [6.45, 7) is 2.52. The van der Waals surface area contributed by atoms with Crippen LogP contribution in [0.2, 0.25) is 0 Å². The molecule has 24 heavy (non-hydrogen) atoms. The van der Waals surface area contributed by atoms with Crippen molar-refractivity contribution in [3.05, 3.63) is 52.8 Å². The van der Waals surface area contributed by atoms with Crippen LogP contribution in [0.5, 0.6) is 5.75 Å². The molecule has 1 aromatic heterocycles. The van der Waals surface area contributed by atoms with Gasteiger partial charge in [-0.15, -0.1) is 0 Å². The van der Waals surface area contributed by atoms with Crippen LogP contribution in [0.15, 0.2) is 30.3 Å². The van der Waals surface area contributed by atoms with Gasteiger partial charge in [0.05, 0.1) is 24.3 Å². The van der Waals surface area contributed by atoms with E-state index < -0.39 is 11.9 Å². The normalized spacial score (nSPS) is 16.0. The van der Waals surface area contributed by atoms with Gasteiger partial charge in [0.2, 0.25) is 5.78 Å². The van der Waals surface area contributed by atoms with Crippen LogP contribution in [0.4, 0.5) is 0 Å². The molecule has 1 atom stereocenters. The predicted octanol–water partition coefficient (Wildman–Crippen LogP) is 3.16. The Kier molecular flexibility index (Phi) is 5.09. The fraction of sp³-hybridized carbons (Fsp3) is 0.333. The van der Waals surface area contributed by atoms with Crippen molar-refractivity contribution < 1.29 is 19.4 Å². The summed E-state index contributed by atoms with van der Waals surface area (Å²) < 4.78 is 7.15. The van der Waals surface area contributed by atoms with Gasteiger partial charge in [-0.2, -0.15) is 0 Å². The molecule has 0 radical (unpaired) electrons. The SMILES string of the molecule is COc1ccccc1C(=O)c1c(C)cc2n1CCCC2C(=O)O.N. The number of ketones is 1. The van der Waals surface area contributed by atoms with Gasteiger partial charge in [-0.1, -0.05) is 12.1 Å².